The summed E-state index contributed by atoms with van der Waals surface area (Å²) in [5, 5.41) is 0. The fraction of sp³-hybridized carbons (Fsp3) is 0.909. The first-order chi connectivity index (χ1) is 12.7. The maximum Gasteiger partial charge on any atom is 0.190 e. The van der Waals surface area contributed by atoms with E-state index in [0.717, 1.165) is 39.1 Å². The van der Waals surface area contributed by atoms with E-state index >= 15 is 0 Å². The van der Waals surface area contributed by atoms with Crippen LogP contribution in [0.1, 0.15) is 78.6 Å². The van der Waals surface area contributed by atoms with Crippen LogP contribution in [0.4, 0.5) is 0 Å². The van der Waals surface area contributed by atoms with Crippen LogP contribution in [0, 0.1) is 5.92 Å². The van der Waals surface area contributed by atoms with Gasteiger partial charge in [0.25, 0.3) is 0 Å². The summed E-state index contributed by atoms with van der Waals surface area (Å²) in [6.07, 6.45) is 13.2. The van der Waals surface area contributed by atoms with E-state index in [2.05, 4.69) is 13.5 Å². The van der Waals surface area contributed by atoms with E-state index in [0.29, 0.717) is 25.2 Å². The Morgan fingerprint density at radius 2 is 1.62 bits per heavy atom. The second-order valence-corrected chi connectivity index (χ2v) is 7.22. The van der Waals surface area contributed by atoms with Crippen LogP contribution in [0.2, 0.25) is 0 Å². The highest BCUT2D eigenvalue weighted by atomic mass is 16.7. The predicted octanol–water partition coefficient (Wildman–Crippen LogP) is 5.50. The molecule has 0 aromatic heterocycles. The lowest BCUT2D eigenvalue weighted by Crippen LogP contribution is -2.42. The molecule has 1 unspecified atom stereocenters. The Morgan fingerprint density at radius 3 is 2.19 bits per heavy atom. The second-order valence-electron chi connectivity index (χ2n) is 7.22. The lowest BCUT2D eigenvalue weighted by molar-refractivity contribution is -0.233. The predicted molar refractivity (Wildman–Crippen MR) is 107 cm³/mol. The van der Waals surface area contributed by atoms with Crippen LogP contribution in [0.15, 0.2) is 12.7 Å². The summed E-state index contributed by atoms with van der Waals surface area (Å²) < 4.78 is 23.1. The van der Waals surface area contributed by atoms with Crippen LogP contribution < -0.4 is 0 Å². The molecule has 0 N–H and O–H groups in total. The van der Waals surface area contributed by atoms with Gasteiger partial charge in [-0.3, -0.25) is 0 Å². The molecule has 1 rings (SSSR count). The minimum Gasteiger partial charge on any atom is -0.379 e. The summed E-state index contributed by atoms with van der Waals surface area (Å²) in [6.45, 7) is 14.0. The maximum absolute atomic E-state index is 6.08. The Morgan fingerprint density at radius 1 is 1.00 bits per heavy atom. The van der Waals surface area contributed by atoms with E-state index in [4.69, 9.17) is 18.9 Å². The molecule has 0 radical (unpaired) electrons. The molecule has 0 aromatic carbocycles. The Balaban J connectivity index is 2.48. The van der Waals surface area contributed by atoms with Crippen molar-refractivity contribution in [1.82, 2.24) is 0 Å². The smallest absolute Gasteiger partial charge is 0.190 e. The van der Waals surface area contributed by atoms with Crippen LogP contribution in [0.25, 0.3) is 0 Å². The molecular weight excluding hydrogens is 328 g/mol. The van der Waals surface area contributed by atoms with E-state index in [1.807, 2.05) is 19.9 Å². The number of ether oxygens (including phenoxy) is 4. The van der Waals surface area contributed by atoms with Crippen molar-refractivity contribution in [2.24, 2.45) is 5.92 Å². The van der Waals surface area contributed by atoms with Gasteiger partial charge >= 0.3 is 0 Å². The molecule has 1 heterocycles. The molecule has 0 aliphatic carbocycles. The van der Waals surface area contributed by atoms with Gasteiger partial charge < -0.3 is 18.9 Å². The van der Waals surface area contributed by atoms with Gasteiger partial charge in [-0.25, -0.2) is 0 Å². The van der Waals surface area contributed by atoms with E-state index in [1.54, 1.807) is 0 Å². The van der Waals surface area contributed by atoms with Gasteiger partial charge in [-0.05, 0) is 39.2 Å². The van der Waals surface area contributed by atoms with E-state index in [1.165, 1.54) is 38.5 Å². The molecule has 0 spiro atoms. The van der Waals surface area contributed by atoms with Crippen molar-refractivity contribution >= 4 is 0 Å². The first kappa shape index (κ1) is 23.6. The molecule has 1 fully saturated rings. The van der Waals surface area contributed by atoms with Crippen molar-refractivity contribution in [3.05, 3.63) is 12.7 Å². The zero-order valence-corrected chi connectivity index (χ0v) is 17.5. The van der Waals surface area contributed by atoms with Crippen molar-refractivity contribution in [2.75, 3.05) is 33.0 Å². The highest BCUT2D eigenvalue weighted by Crippen LogP contribution is 2.33. The molecule has 1 aliphatic heterocycles. The summed E-state index contributed by atoms with van der Waals surface area (Å²) in [6, 6.07) is 0. The largest absolute Gasteiger partial charge is 0.379 e. The monoisotopic (exact) mass is 370 g/mol. The minimum atomic E-state index is -0.660. The van der Waals surface area contributed by atoms with E-state index in [9.17, 15) is 0 Å². The minimum absolute atomic E-state index is 0.326. The molecule has 2 atom stereocenters. The fourth-order valence-electron chi connectivity index (χ4n) is 3.54. The molecule has 4 nitrogen and oxygen atoms in total. The van der Waals surface area contributed by atoms with Crippen molar-refractivity contribution in [3.8, 4) is 0 Å². The maximum atomic E-state index is 6.08. The fourth-order valence-corrected chi connectivity index (χ4v) is 3.54. The third kappa shape index (κ3) is 9.50. The molecule has 0 aromatic rings. The first-order valence-electron chi connectivity index (χ1n) is 10.8. The van der Waals surface area contributed by atoms with Gasteiger partial charge in [-0.1, -0.05) is 52.0 Å². The number of epoxide rings is 1. The molecule has 0 saturated carbocycles. The third-order valence-electron chi connectivity index (χ3n) is 5.05. The van der Waals surface area contributed by atoms with Crippen LogP contribution >= 0.6 is 0 Å². The van der Waals surface area contributed by atoms with Gasteiger partial charge in [0.1, 0.15) is 6.10 Å². The number of hydrogen-bond donors (Lipinski definition) is 0. The average molecular weight is 371 g/mol. The Kier molecular flexibility index (Phi) is 13.3. The van der Waals surface area contributed by atoms with Crippen LogP contribution in [0.5, 0.6) is 0 Å². The van der Waals surface area contributed by atoms with Gasteiger partial charge in [0.2, 0.25) is 0 Å². The first-order valence-corrected chi connectivity index (χ1v) is 10.8. The summed E-state index contributed by atoms with van der Waals surface area (Å²) >= 11 is 0. The highest BCUT2D eigenvalue weighted by Gasteiger charge is 2.37. The van der Waals surface area contributed by atoms with Gasteiger partial charge in [0, 0.05) is 25.7 Å². The van der Waals surface area contributed by atoms with Crippen LogP contribution in [-0.2, 0) is 18.9 Å². The van der Waals surface area contributed by atoms with E-state index < -0.39 is 5.79 Å². The van der Waals surface area contributed by atoms with Crippen molar-refractivity contribution in [2.45, 2.75) is 90.4 Å². The van der Waals surface area contributed by atoms with Gasteiger partial charge in [0.15, 0.2) is 5.79 Å². The Hall–Kier alpha value is -0.420. The third-order valence-corrected chi connectivity index (χ3v) is 5.05. The average Bonchev–Trinajstić information content (AvgIpc) is 3.46. The van der Waals surface area contributed by atoms with Crippen molar-refractivity contribution in [1.29, 1.82) is 0 Å². The SMILES string of the molecule is C=CC(OCC)(OCC)[C@H](CCCCCCCC)CCCOCC1CO1. The lowest BCUT2D eigenvalue weighted by Gasteiger charge is -2.38. The number of unbranched alkanes of at least 4 members (excludes halogenated alkanes) is 5. The summed E-state index contributed by atoms with van der Waals surface area (Å²) in [5.41, 5.74) is 0. The van der Waals surface area contributed by atoms with Gasteiger partial charge in [0.05, 0.1) is 13.2 Å². The standard InChI is InChI=1S/C22H42O4/c1-5-9-10-11-12-13-15-20(16-14-17-23-18-21-19-24-21)22(6-2,25-7-3)26-8-4/h6,20-21H,2,5,7-19H2,1,3-4H3/t20-,21?/m1/s1. The van der Waals surface area contributed by atoms with Crippen LogP contribution in [-0.4, -0.2) is 44.9 Å². The summed E-state index contributed by atoms with van der Waals surface area (Å²) in [5.74, 6) is -0.334. The topological polar surface area (TPSA) is 40.2 Å². The lowest BCUT2D eigenvalue weighted by atomic mass is 9.87. The van der Waals surface area contributed by atoms with Gasteiger partial charge in [-0.2, -0.15) is 0 Å². The molecular formula is C22H42O4. The molecule has 154 valence electrons. The normalized spacial score (nSPS) is 18.0. The van der Waals surface area contributed by atoms with Gasteiger partial charge in [-0.15, -0.1) is 0 Å². The van der Waals surface area contributed by atoms with Crippen molar-refractivity contribution < 1.29 is 18.9 Å². The summed E-state index contributed by atoms with van der Waals surface area (Å²) in [4.78, 5) is 0. The molecule has 1 saturated heterocycles. The summed E-state index contributed by atoms with van der Waals surface area (Å²) in [7, 11) is 0. The van der Waals surface area contributed by atoms with E-state index in [-0.39, 0.29) is 0 Å². The molecule has 4 heteroatoms. The second kappa shape index (κ2) is 14.6. The quantitative estimate of drug-likeness (QED) is 0.130. The molecule has 1 aliphatic rings. The molecule has 26 heavy (non-hydrogen) atoms. The molecule has 0 amide bonds. The zero-order valence-electron chi connectivity index (χ0n) is 17.5. The highest BCUT2D eigenvalue weighted by molar-refractivity contribution is 4.95. The molecule has 0 bridgehead atoms. The Labute approximate surface area is 161 Å². The van der Waals surface area contributed by atoms with Crippen LogP contribution in [0.3, 0.4) is 0 Å². The van der Waals surface area contributed by atoms with Crippen molar-refractivity contribution in [3.63, 3.8) is 0 Å². The Bertz CT molecular complexity index is 335. The number of rotatable bonds is 19. The zero-order chi connectivity index (χ0) is 19.1. The number of hydrogen-bond acceptors (Lipinski definition) is 4.